The number of hydrogen-bond acceptors (Lipinski definition) is 3. The molecule has 0 saturated carbocycles. The highest BCUT2D eigenvalue weighted by Gasteiger charge is 2.09. The zero-order chi connectivity index (χ0) is 13.7. The molecule has 2 rings (SSSR count). The van der Waals surface area contributed by atoms with E-state index in [0.717, 1.165) is 18.8 Å². The minimum atomic E-state index is -0.365. The van der Waals surface area contributed by atoms with Gasteiger partial charge in [-0.25, -0.2) is 4.39 Å². The summed E-state index contributed by atoms with van der Waals surface area (Å²) >= 11 is 4.78. The van der Waals surface area contributed by atoms with Crippen molar-refractivity contribution in [3.63, 3.8) is 0 Å². The highest BCUT2D eigenvalue weighted by Crippen LogP contribution is 2.14. The molecule has 5 heteroatoms. The van der Waals surface area contributed by atoms with Crippen LogP contribution in [0.1, 0.15) is 24.8 Å². The van der Waals surface area contributed by atoms with Crippen molar-refractivity contribution in [2.45, 2.75) is 19.3 Å². The molecule has 1 heterocycles. The summed E-state index contributed by atoms with van der Waals surface area (Å²) in [6, 6.07) is 4.89. The Balaban J connectivity index is 1.82. The smallest absolute Gasteiger partial charge is 0.135 e. The molecule has 104 valence electrons. The van der Waals surface area contributed by atoms with Gasteiger partial charge in [0.25, 0.3) is 0 Å². The Morgan fingerprint density at radius 2 is 2.05 bits per heavy atom. The third kappa shape index (κ3) is 4.14. The van der Waals surface area contributed by atoms with Gasteiger partial charge in [0, 0.05) is 24.3 Å². The number of thiocarbonyl (C=S) groups is 1. The molecule has 0 atom stereocenters. The molecule has 3 nitrogen and oxygen atoms in total. The fraction of sp³-hybridized carbons (Fsp3) is 0.500. The summed E-state index contributed by atoms with van der Waals surface area (Å²) in [5.74, 6) is -0.365. The summed E-state index contributed by atoms with van der Waals surface area (Å²) in [4.78, 5) is 2.54. The van der Waals surface area contributed by atoms with Crippen LogP contribution in [-0.4, -0.2) is 36.1 Å². The maximum Gasteiger partial charge on any atom is 0.135 e. The summed E-state index contributed by atoms with van der Waals surface area (Å²) in [6.45, 7) is 4.18. The lowest BCUT2D eigenvalue weighted by molar-refractivity contribution is 0.237. The predicted octanol–water partition coefficient (Wildman–Crippen LogP) is 2.36. The number of nitrogens with two attached hydrogens (primary N) is 1. The first kappa shape index (κ1) is 14.2. The van der Waals surface area contributed by atoms with Crippen LogP contribution in [0.5, 0.6) is 0 Å². The molecule has 0 aromatic heterocycles. The van der Waals surface area contributed by atoms with E-state index < -0.39 is 0 Å². The van der Waals surface area contributed by atoms with Crippen LogP contribution in [0.4, 0.5) is 10.1 Å². The van der Waals surface area contributed by atoms with Crippen molar-refractivity contribution >= 4 is 22.9 Å². The van der Waals surface area contributed by atoms with Gasteiger partial charge < -0.3 is 16.0 Å². The number of halogens is 1. The first-order chi connectivity index (χ1) is 9.16. The van der Waals surface area contributed by atoms with E-state index >= 15 is 0 Å². The van der Waals surface area contributed by atoms with Crippen molar-refractivity contribution in [2.75, 3.05) is 31.5 Å². The zero-order valence-corrected chi connectivity index (χ0v) is 11.8. The molecule has 1 fully saturated rings. The zero-order valence-electron chi connectivity index (χ0n) is 11.0. The second-order valence-electron chi connectivity index (χ2n) is 4.89. The molecule has 1 aromatic carbocycles. The third-order valence-electron chi connectivity index (χ3n) is 3.44. The van der Waals surface area contributed by atoms with E-state index in [9.17, 15) is 4.39 Å². The van der Waals surface area contributed by atoms with Gasteiger partial charge in [-0.3, -0.25) is 0 Å². The SMILES string of the molecule is NC(=S)c1ccc(NCCN2CCCCC2)cc1F. The topological polar surface area (TPSA) is 41.3 Å². The molecule has 1 aliphatic rings. The van der Waals surface area contributed by atoms with Gasteiger partial charge in [-0.2, -0.15) is 0 Å². The second-order valence-corrected chi connectivity index (χ2v) is 5.33. The first-order valence-electron chi connectivity index (χ1n) is 6.72. The Morgan fingerprint density at radius 1 is 1.32 bits per heavy atom. The Morgan fingerprint density at radius 3 is 2.68 bits per heavy atom. The van der Waals surface area contributed by atoms with E-state index in [1.165, 1.54) is 38.4 Å². The second kappa shape index (κ2) is 6.82. The molecule has 1 aromatic rings. The third-order valence-corrected chi connectivity index (χ3v) is 3.66. The van der Waals surface area contributed by atoms with Crippen molar-refractivity contribution in [2.24, 2.45) is 5.73 Å². The van der Waals surface area contributed by atoms with Crippen LogP contribution in [0.3, 0.4) is 0 Å². The molecule has 0 aliphatic carbocycles. The quantitative estimate of drug-likeness (QED) is 0.813. The van der Waals surface area contributed by atoms with Gasteiger partial charge >= 0.3 is 0 Å². The Kier molecular flexibility index (Phi) is 5.10. The number of rotatable bonds is 5. The fourth-order valence-corrected chi connectivity index (χ4v) is 2.53. The van der Waals surface area contributed by atoms with Crippen LogP contribution in [0, 0.1) is 5.82 Å². The van der Waals surface area contributed by atoms with Crippen LogP contribution in [-0.2, 0) is 0 Å². The Bertz CT molecular complexity index is 444. The largest absolute Gasteiger partial charge is 0.389 e. The van der Waals surface area contributed by atoms with Gasteiger partial charge in [-0.15, -0.1) is 0 Å². The van der Waals surface area contributed by atoms with Gasteiger partial charge in [0.05, 0.1) is 0 Å². The van der Waals surface area contributed by atoms with Crippen molar-refractivity contribution in [1.29, 1.82) is 0 Å². The maximum atomic E-state index is 13.7. The summed E-state index contributed by atoms with van der Waals surface area (Å²) < 4.78 is 13.7. The molecule has 0 radical (unpaired) electrons. The fourth-order valence-electron chi connectivity index (χ4n) is 2.37. The van der Waals surface area contributed by atoms with Crippen molar-refractivity contribution in [1.82, 2.24) is 4.90 Å². The first-order valence-corrected chi connectivity index (χ1v) is 7.13. The average Bonchev–Trinajstić information content (AvgIpc) is 2.39. The van der Waals surface area contributed by atoms with E-state index in [4.69, 9.17) is 18.0 Å². The number of benzene rings is 1. The minimum Gasteiger partial charge on any atom is -0.389 e. The number of hydrogen-bond donors (Lipinski definition) is 2. The van der Waals surface area contributed by atoms with E-state index in [0.29, 0.717) is 5.56 Å². The summed E-state index contributed by atoms with van der Waals surface area (Å²) in [6.07, 6.45) is 3.92. The van der Waals surface area contributed by atoms with Gasteiger partial charge in [0.15, 0.2) is 0 Å². The molecule has 0 spiro atoms. The lowest BCUT2D eigenvalue weighted by atomic mass is 10.1. The van der Waals surface area contributed by atoms with E-state index in [1.54, 1.807) is 6.07 Å². The number of nitrogens with zero attached hydrogens (tertiary/aromatic N) is 1. The lowest BCUT2D eigenvalue weighted by Gasteiger charge is -2.26. The van der Waals surface area contributed by atoms with Gasteiger partial charge in [-0.05, 0) is 44.1 Å². The van der Waals surface area contributed by atoms with Gasteiger partial charge in [0.1, 0.15) is 10.8 Å². The summed E-state index contributed by atoms with van der Waals surface area (Å²) in [7, 11) is 0. The van der Waals surface area contributed by atoms with Crippen molar-refractivity contribution in [3.8, 4) is 0 Å². The van der Waals surface area contributed by atoms with Crippen LogP contribution in [0.15, 0.2) is 18.2 Å². The molecule has 0 unspecified atom stereocenters. The standard InChI is InChI=1S/C14H20FN3S/c15-13-10-11(4-5-12(13)14(16)19)17-6-9-18-7-2-1-3-8-18/h4-5,10,17H,1-3,6-9H2,(H2,16,19). The molecule has 0 amide bonds. The molecular weight excluding hydrogens is 261 g/mol. The highest BCUT2D eigenvalue weighted by atomic mass is 32.1. The summed E-state index contributed by atoms with van der Waals surface area (Å²) in [5.41, 5.74) is 6.50. The number of anilines is 1. The van der Waals surface area contributed by atoms with E-state index in [2.05, 4.69) is 10.2 Å². The van der Waals surface area contributed by atoms with Crippen LogP contribution >= 0.6 is 12.2 Å². The monoisotopic (exact) mass is 281 g/mol. The van der Waals surface area contributed by atoms with Crippen molar-refractivity contribution < 1.29 is 4.39 Å². The molecular formula is C14H20FN3S. The van der Waals surface area contributed by atoms with Crippen LogP contribution in [0.2, 0.25) is 0 Å². The number of piperidine rings is 1. The molecule has 0 bridgehead atoms. The predicted molar refractivity (Wildman–Crippen MR) is 81.1 cm³/mol. The normalized spacial score (nSPS) is 16.3. The Hall–Kier alpha value is -1.20. The maximum absolute atomic E-state index is 13.7. The molecule has 19 heavy (non-hydrogen) atoms. The van der Waals surface area contributed by atoms with Crippen LogP contribution < -0.4 is 11.1 Å². The molecule has 1 aliphatic heterocycles. The molecule has 1 saturated heterocycles. The number of nitrogens with one attached hydrogen (secondary N) is 1. The lowest BCUT2D eigenvalue weighted by Crippen LogP contribution is -2.33. The minimum absolute atomic E-state index is 0.0948. The van der Waals surface area contributed by atoms with E-state index in [1.807, 2.05) is 6.07 Å². The van der Waals surface area contributed by atoms with Crippen LogP contribution in [0.25, 0.3) is 0 Å². The average molecular weight is 281 g/mol. The van der Waals surface area contributed by atoms with E-state index in [-0.39, 0.29) is 10.8 Å². The van der Waals surface area contributed by atoms with Gasteiger partial charge in [0.2, 0.25) is 0 Å². The van der Waals surface area contributed by atoms with Crippen molar-refractivity contribution in [3.05, 3.63) is 29.6 Å². The molecule has 3 N–H and O–H groups in total. The summed E-state index contributed by atoms with van der Waals surface area (Å²) in [5, 5.41) is 3.23. The Labute approximate surface area is 119 Å². The van der Waals surface area contributed by atoms with Gasteiger partial charge in [-0.1, -0.05) is 18.6 Å². The highest BCUT2D eigenvalue weighted by molar-refractivity contribution is 7.80. The number of likely N-dealkylation sites (tertiary alicyclic amines) is 1.